The lowest BCUT2D eigenvalue weighted by atomic mass is 9.55. The lowest BCUT2D eigenvalue weighted by Gasteiger charge is -2.50. The van der Waals surface area contributed by atoms with Gasteiger partial charge >= 0.3 is 0 Å². The van der Waals surface area contributed by atoms with Gasteiger partial charge in [0.2, 0.25) is 0 Å². The van der Waals surface area contributed by atoms with Crippen LogP contribution in [0, 0.1) is 17.3 Å². The van der Waals surface area contributed by atoms with Gasteiger partial charge in [-0.3, -0.25) is 5.01 Å². The third-order valence-corrected chi connectivity index (χ3v) is 7.31. The predicted octanol–water partition coefficient (Wildman–Crippen LogP) is 4.47. The van der Waals surface area contributed by atoms with Gasteiger partial charge in [-0.25, -0.2) is 0 Å². The quantitative estimate of drug-likeness (QED) is 0.641. The van der Waals surface area contributed by atoms with Gasteiger partial charge in [-0.05, 0) is 85.0 Å². The fourth-order valence-corrected chi connectivity index (χ4v) is 5.94. The van der Waals surface area contributed by atoms with Gasteiger partial charge in [0.05, 0.1) is 13.2 Å². The number of aliphatic hydroxyl groups excluding tert-OH is 1. The summed E-state index contributed by atoms with van der Waals surface area (Å²) in [4.78, 5) is 0. The molecule has 0 amide bonds. The van der Waals surface area contributed by atoms with Crippen molar-refractivity contribution in [2.24, 2.45) is 27.6 Å². The van der Waals surface area contributed by atoms with Gasteiger partial charge in [-0.1, -0.05) is 12.1 Å². The van der Waals surface area contributed by atoms with E-state index in [-0.39, 0.29) is 11.5 Å². The van der Waals surface area contributed by atoms with Crippen LogP contribution in [0.25, 0.3) is 0 Å². The van der Waals surface area contributed by atoms with Gasteiger partial charge in [0.1, 0.15) is 11.4 Å². The number of rotatable bonds is 3. The van der Waals surface area contributed by atoms with E-state index in [0.29, 0.717) is 17.8 Å². The van der Waals surface area contributed by atoms with E-state index in [2.05, 4.69) is 29.4 Å². The summed E-state index contributed by atoms with van der Waals surface area (Å²) >= 11 is 0. The Kier molecular flexibility index (Phi) is 4.46. The molecule has 142 valence electrons. The first-order chi connectivity index (χ1) is 12.4. The van der Waals surface area contributed by atoms with Crippen LogP contribution in [0.3, 0.4) is 0 Å². The highest BCUT2D eigenvalue weighted by molar-refractivity contribution is 5.57. The van der Waals surface area contributed by atoms with Crippen molar-refractivity contribution in [2.45, 2.75) is 57.5 Å². The molecule has 2 saturated carbocycles. The van der Waals surface area contributed by atoms with E-state index < -0.39 is 0 Å². The summed E-state index contributed by atoms with van der Waals surface area (Å²) < 4.78 is 5.57. The summed E-state index contributed by atoms with van der Waals surface area (Å²) in [6, 6.07) is 4.39. The van der Waals surface area contributed by atoms with Crippen molar-refractivity contribution in [2.75, 3.05) is 21.2 Å². The topological polar surface area (TPSA) is 57.4 Å². The molecular weight excluding hydrogens is 326 g/mol. The molecule has 0 bridgehead atoms. The SMILES string of the molecule is COc1cc2c(cc1N=NN(C)C)C1CCC3(C)C(O)CCC3C1CC2. The van der Waals surface area contributed by atoms with Crippen LogP contribution < -0.4 is 4.74 Å². The van der Waals surface area contributed by atoms with Gasteiger partial charge in [0.15, 0.2) is 0 Å². The summed E-state index contributed by atoms with van der Waals surface area (Å²) in [7, 11) is 5.45. The molecule has 3 aliphatic carbocycles. The smallest absolute Gasteiger partial charge is 0.146 e. The molecule has 5 nitrogen and oxygen atoms in total. The van der Waals surface area contributed by atoms with Crippen LogP contribution in [0.2, 0.25) is 0 Å². The van der Waals surface area contributed by atoms with E-state index in [1.54, 1.807) is 12.1 Å². The molecule has 26 heavy (non-hydrogen) atoms. The number of aryl methyl sites for hydroxylation is 1. The maximum Gasteiger partial charge on any atom is 0.146 e. The zero-order chi connectivity index (χ0) is 18.5. The fraction of sp³-hybridized carbons (Fsp3) is 0.714. The van der Waals surface area contributed by atoms with Crippen LogP contribution in [-0.2, 0) is 6.42 Å². The number of fused-ring (bicyclic) bond motifs is 5. The number of hydrogen-bond acceptors (Lipinski definition) is 4. The molecule has 0 aliphatic heterocycles. The van der Waals surface area contributed by atoms with Crippen molar-refractivity contribution < 1.29 is 9.84 Å². The minimum Gasteiger partial charge on any atom is -0.494 e. The summed E-state index contributed by atoms with van der Waals surface area (Å²) in [5.74, 6) is 2.73. The van der Waals surface area contributed by atoms with Crippen LogP contribution in [0.15, 0.2) is 22.5 Å². The van der Waals surface area contributed by atoms with E-state index in [0.717, 1.165) is 37.1 Å². The van der Waals surface area contributed by atoms with Crippen LogP contribution in [0.4, 0.5) is 5.69 Å². The lowest BCUT2D eigenvalue weighted by molar-refractivity contribution is -0.0226. The Morgan fingerprint density at radius 2 is 2.00 bits per heavy atom. The Morgan fingerprint density at radius 1 is 1.19 bits per heavy atom. The van der Waals surface area contributed by atoms with E-state index in [4.69, 9.17) is 4.74 Å². The highest BCUT2D eigenvalue weighted by Crippen LogP contribution is 2.61. The number of nitrogens with zero attached hydrogens (tertiary/aromatic N) is 3. The molecule has 3 aliphatic rings. The molecular formula is C21H31N3O2. The molecule has 0 saturated heterocycles. The highest BCUT2D eigenvalue weighted by Gasteiger charge is 2.54. The summed E-state index contributed by atoms with van der Waals surface area (Å²) in [6.45, 7) is 2.33. The van der Waals surface area contributed by atoms with Gasteiger partial charge in [0, 0.05) is 14.1 Å². The van der Waals surface area contributed by atoms with E-state index >= 15 is 0 Å². The second-order valence-corrected chi connectivity index (χ2v) is 8.81. The normalized spacial score (nSPS) is 35.7. The molecule has 1 N–H and O–H groups in total. The number of hydrogen-bond donors (Lipinski definition) is 1. The molecule has 5 atom stereocenters. The summed E-state index contributed by atoms with van der Waals surface area (Å²) in [5, 5.41) is 20.8. The third kappa shape index (κ3) is 2.72. The van der Waals surface area contributed by atoms with Crippen LogP contribution in [-0.4, -0.2) is 37.4 Å². The zero-order valence-corrected chi connectivity index (χ0v) is 16.4. The van der Waals surface area contributed by atoms with Crippen LogP contribution in [0.1, 0.15) is 56.1 Å². The first kappa shape index (κ1) is 17.8. The Hall–Kier alpha value is -1.62. The third-order valence-electron chi connectivity index (χ3n) is 7.31. The van der Waals surface area contributed by atoms with Crippen molar-refractivity contribution >= 4 is 5.69 Å². The Balaban J connectivity index is 1.70. The molecule has 4 rings (SSSR count). The lowest BCUT2D eigenvalue weighted by Crippen LogP contribution is -2.43. The first-order valence-corrected chi connectivity index (χ1v) is 9.92. The fourth-order valence-electron chi connectivity index (χ4n) is 5.94. The van der Waals surface area contributed by atoms with Crippen molar-refractivity contribution in [1.29, 1.82) is 0 Å². The number of benzene rings is 1. The van der Waals surface area contributed by atoms with Gasteiger partial charge in [-0.2, -0.15) is 0 Å². The molecule has 0 heterocycles. The standard InChI is InChI=1S/C21H31N3O2/c1-21-10-9-14-15(17(21)7-8-20(21)25)6-5-13-11-19(26-4)18(12-16(13)14)22-23-24(2)3/h11-12,14-15,17,20,25H,5-10H2,1-4H3. The largest absolute Gasteiger partial charge is 0.494 e. The first-order valence-electron chi connectivity index (χ1n) is 9.92. The monoisotopic (exact) mass is 357 g/mol. The Labute approximate surface area is 156 Å². The molecule has 1 aromatic carbocycles. The van der Waals surface area contributed by atoms with Gasteiger partial charge in [0.25, 0.3) is 0 Å². The van der Waals surface area contributed by atoms with E-state index in [1.165, 1.54) is 24.0 Å². The predicted molar refractivity (Wildman–Crippen MR) is 102 cm³/mol. The van der Waals surface area contributed by atoms with Crippen LogP contribution in [0.5, 0.6) is 5.75 Å². The second-order valence-electron chi connectivity index (χ2n) is 8.81. The Bertz CT molecular complexity index is 717. The van der Waals surface area contributed by atoms with Crippen molar-refractivity contribution in [1.82, 2.24) is 5.01 Å². The molecule has 5 unspecified atom stereocenters. The second kappa shape index (κ2) is 6.52. The average molecular weight is 357 g/mol. The van der Waals surface area contributed by atoms with E-state index in [9.17, 15) is 5.11 Å². The minimum atomic E-state index is -0.116. The molecule has 0 radical (unpaired) electrons. The average Bonchev–Trinajstić information content (AvgIpc) is 2.94. The maximum atomic E-state index is 10.6. The van der Waals surface area contributed by atoms with E-state index in [1.807, 2.05) is 14.1 Å². The number of methoxy groups -OCH3 is 1. The molecule has 1 aromatic rings. The van der Waals surface area contributed by atoms with Crippen molar-refractivity contribution in [3.8, 4) is 5.75 Å². The van der Waals surface area contributed by atoms with Gasteiger partial charge < -0.3 is 9.84 Å². The molecule has 5 heteroatoms. The molecule has 0 spiro atoms. The highest BCUT2D eigenvalue weighted by atomic mass is 16.5. The molecule has 0 aromatic heterocycles. The number of ether oxygens (including phenoxy) is 1. The zero-order valence-electron chi connectivity index (χ0n) is 16.4. The maximum absolute atomic E-state index is 10.6. The summed E-state index contributed by atoms with van der Waals surface area (Å²) in [6.07, 6.45) is 6.65. The minimum absolute atomic E-state index is 0.116. The molecule has 2 fully saturated rings. The van der Waals surface area contributed by atoms with Crippen LogP contribution >= 0.6 is 0 Å². The Morgan fingerprint density at radius 3 is 2.73 bits per heavy atom. The van der Waals surface area contributed by atoms with Crippen molar-refractivity contribution in [3.63, 3.8) is 0 Å². The summed E-state index contributed by atoms with van der Waals surface area (Å²) in [5.41, 5.74) is 3.80. The van der Waals surface area contributed by atoms with Gasteiger partial charge in [-0.15, -0.1) is 5.11 Å². The number of aliphatic hydroxyl groups is 1. The van der Waals surface area contributed by atoms with Crippen molar-refractivity contribution in [3.05, 3.63) is 23.3 Å².